The first kappa shape index (κ1) is 31.4. The number of amides is 2. The Morgan fingerprint density at radius 1 is 0.977 bits per heavy atom. The average molecular weight is 617 g/mol. The third-order valence-electron chi connectivity index (χ3n) is 7.67. The fourth-order valence-electron chi connectivity index (χ4n) is 5.01. The molecule has 1 fully saturated rings. The van der Waals surface area contributed by atoms with Crippen LogP contribution in [0.1, 0.15) is 58.9 Å². The molecule has 3 heterocycles. The Labute approximate surface area is 262 Å². The van der Waals surface area contributed by atoms with E-state index in [2.05, 4.69) is 32.6 Å². The number of likely N-dealkylation sites (N-methyl/N-ethyl adjacent to an activating group) is 1. The van der Waals surface area contributed by atoms with Gasteiger partial charge < -0.3 is 20.3 Å². The molecular weight excluding hydrogens is 576 g/mol. The molecule has 0 aliphatic carbocycles. The number of rotatable bonds is 9. The van der Waals surface area contributed by atoms with Crippen LogP contribution in [-0.4, -0.2) is 77.3 Å². The highest BCUT2D eigenvalue weighted by atomic mass is 32.1. The van der Waals surface area contributed by atoms with Gasteiger partial charge in [-0.2, -0.15) is 4.68 Å². The highest BCUT2D eigenvalue weighted by Gasteiger charge is 2.27. The molecule has 2 amide bonds. The molecule has 0 unspecified atom stereocenters. The molecule has 1 aliphatic heterocycles. The minimum absolute atomic E-state index is 0.133. The second kappa shape index (κ2) is 13.3. The predicted molar refractivity (Wildman–Crippen MR) is 173 cm³/mol. The number of nitrogens with one attached hydrogen (secondary N) is 2. The van der Waals surface area contributed by atoms with Crippen LogP contribution in [0.2, 0.25) is 0 Å². The van der Waals surface area contributed by atoms with Gasteiger partial charge in [-0.05, 0) is 56.1 Å². The van der Waals surface area contributed by atoms with E-state index < -0.39 is 11.6 Å². The summed E-state index contributed by atoms with van der Waals surface area (Å²) in [5.41, 5.74) is 1.93. The van der Waals surface area contributed by atoms with E-state index in [9.17, 15) is 14.4 Å². The average Bonchev–Trinajstić information content (AvgIpc) is 3.58. The van der Waals surface area contributed by atoms with Crippen LogP contribution in [0.5, 0.6) is 0 Å². The van der Waals surface area contributed by atoms with Crippen molar-refractivity contribution in [2.75, 3.05) is 45.2 Å². The summed E-state index contributed by atoms with van der Waals surface area (Å²) in [6, 6.07) is 18.9. The number of hydrogen-bond donors (Lipinski definition) is 2. The highest BCUT2D eigenvalue weighted by molar-refractivity contribution is 7.20. The van der Waals surface area contributed by atoms with Crippen molar-refractivity contribution in [3.8, 4) is 0 Å². The van der Waals surface area contributed by atoms with Crippen molar-refractivity contribution in [1.29, 1.82) is 0 Å². The summed E-state index contributed by atoms with van der Waals surface area (Å²) in [7, 11) is 2.13. The standard InChI is InChI=1S/C33H40N6O4S/c1-22(2)21-43-32(42)39-31-26(19-27(44-31)30(41)35-33(3,4)25-9-7-6-8-10-25)28(36-39)34-29(40)24-13-11-23(12-14-24)20-38-17-15-37(5)16-18-38/h6-14,19,22H,15-18,20-21H2,1-5H3,(H,35,41)(H,34,36,40). The van der Waals surface area contributed by atoms with Crippen LogP contribution in [0.25, 0.3) is 10.2 Å². The van der Waals surface area contributed by atoms with E-state index >= 15 is 0 Å². The van der Waals surface area contributed by atoms with Gasteiger partial charge in [0.05, 0.1) is 22.4 Å². The Hall–Kier alpha value is -4.06. The van der Waals surface area contributed by atoms with Crippen LogP contribution >= 0.6 is 11.3 Å². The Kier molecular flexibility index (Phi) is 9.48. The third kappa shape index (κ3) is 7.35. The number of hydrogen-bond acceptors (Lipinski definition) is 8. The third-order valence-corrected chi connectivity index (χ3v) is 8.78. The van der Waals surface area contributed by atoms with Gasteiger partial charge >= 0.3 is 6.09 Å². The minimum atomic E-state index is -0.670. The molecule has 0 spiro atoms. The topological polar surface area (TPSA) is 109 Å². The van der Waals surface area contributed by atoms with Crippen LogP contribution in [0, 0.1) is 5.92 Å². The van der Waals surface area contributed by atoms with Gasteiger partial charge in [-0.1, -0.05) is 56.3 Å². The first-order chi connectivity index (χ1) is 21.0. The van der Waals surface area contributed by atoms with Gasteiger partial charge in [0.2, 0.25) is 0 Å². The molecular formula is C33H40N6O4S. The summed E-state index contributed by atoms with van der Waals surface area (Å²) in [5, 5.41) is 10.8. The fourth-order valence-corrected chi connectivity index (χ4v) is 6.01. The van der Waals surface area contributed by atoms with E-state index in [0.29, 0.717) is 20.7 Å². The van der Waals surface area contributed by atoms with E-state index in [-0.39, 0.29) is 30.2 Å². The molecule has 0 saturated carbocycles. The largest absolute Gasteiger partial charge is 0.448 e. The van der Waals surface area contributed by atoms with Crippen molar-refractivity contribution in [3.63, 3.8) is 0 Å². The Morgan fingerprint density at radius 3 is 2.32 bits per heavy atom. The minimum Gasteiger partial charge on any atom is -0.448 e. The molecule has 11 heteroatoms. The van der Waals surface area contributed by atoms with E-state index in [1.807, 2.05) is 70.2 Å². The monoisotopic (exact) mass is 616 g/mol. The molecule has 5 rings (SSSR count). The molecule has 0 atom stereocenters. The summed E-state index contributed by atoms with van der Waals surface area (Å²) in [6.07, 6.45) is -0.670. The van der Waals surface area contributed by atoms with Crippen LogP contribution in [0.3, 0.4) is 0 Å². The van der Waals surface area contributed by atoms with Gasteiger partial charge in [0.1, 0.15) is 4.83 Å². The van der Waals surface area contributed by atoms with Gasteiger partial charge in [-0.25, -0.2) is 4.79 Å². The van der Waals surface area contributed by atoms with Crippen molar-refractivity contribution in [2.24, 2.45) is 5.92 Å². The van der Waals surface area contributed by atoms with Crippen molar-refractivity contribution in [1.82, 2.24) is 24.9 Å². The Morgan fingerprint density at radius 2 is 1.66 bits per heavy atom. The lowest BCUT2D eigenvalue weighted by atomic mass is 9.94. The van der Waals surface area contributed by atoms with Gasteiger partial charge in [-0.15, -0.1) is 16.4 Å². The van der Waals surface area contributed by atoms with E-state index in [4.69, 9.17) is 4.74 Å². The molecule has 44 heavy (non-hydrogen) atoms. The number of nitrogens with zero attached hydrogens (tertiary/aromatic N) is 4. The normalized spacial score (nSPS) is 14.6. The van der Waals surface area contributed by atoms with Crippen molar-refractivity contribution < 1.29 is 19.1 Å². The zero-order valence-electron chi connectivity index (χ0n) is 25.9. The van der Waals surface area contributed by atoms with Crippen LogP contribution < -0.4 is 10.6 Å². The summed E-state index contributed by atoms with van der Waals surface area (Å²) < 4.78 is 6.56. The SMILES string of the molecule is CC(C)COC(=O)n1nc(NC(=O)c2ccc(CN3CCN(C)CC3)cc2)c2cc(C(=O)NC(C)(C)c3ccccc3)sc21. The number of ether oxygens (including phenoxy) is 1. The molecule has 10 nitrogen and oxygen atoms in total. The number of anilines is 1. The lowest BCUT2D eigenvalue weighted by molar-refractivity contribution is 0.0915. The maximum Gasteiger partial charge on any atom is 0.436 e. The van der Waals surface area contributed by atoms with Gasteiger partial charge in [0.15, 0.2) is 5.82 Å². The predicted octanol–water partition coefficient (Wildman–Crippen LogP) is 5.40. The van der Waals surface area contributed by atoms with Crippen molar-refractivity contribution in [3.05, 3.63) is 82.2 Å². The summed E-state index contributed by atoms with van der Waals surface area (Å²) >= 11 is 1.12. The first-order valence-electron chi connectivity index (χ1n) is 14.9. The van der Waals surface area contributed by atoms with Crippen LogP contribution in [-0.2, 0) is 16.8 Å². The molecule has 1 saturated heterocycles. The van der Waals surface area contributed by atoms with Gasteiger partial charge in [0.25, 0.3) is 11.8 Å². The lowest BCUT2D eigenvalue weighted by Gasteiger charge is -2.32. The molecule has 2 N–H and O–H groups in total. The Balaban J connectivity index is 1.36. The van der Waals surface area contributed by atoms with Crippen molar-refractivity contribution >= 4 is 45.3 Å². The molecule has 0 radical (unpaired) electrons. The maximum atomic E-state index is 13.4. The van der Waals surface area contributed by atoms with E-state index in [1.165, 1.54) is 0 Å². The molecule has 232 valence electrons. The summed E-state index contributed by atoms with van der Waals surface area (Å²) in [6.45, 7) is 12.9. The molecule has 2 aromatic heterocycles. The lowest BCUT2D eigenvalue weighted by Crippen LogP contribution is -2.43. The second-order valence-corrected chi connectivity index (χ2v) is 13.3. The zero-order chi connectivity index (χ0) is 31.4. The van der Waals surface area contributed by atoms with Gasteiger partial charge in [0, 0.05) is 38.3 Å². The second-order valence-electron chi connectivity index (χ2n) is 12.2. The number of piperazine rings is 1. The summed E-state index contributed by atoms with van der Waals surface area (Å²) in [4.78, 5) is 45.2. The van der Waals surface area contributed by atoms with Gasteiger partial charge in [-0.3, -0.25) is 14.5 Å². The highest BCUT2D eigenvalue weighted by Crippen LogP contribution is 2.33. The Bertz CT molecular complexity index is 1620. The number of benzene rings is 2. The van der Waals surface area contributed by atoms with Crippen molar-refractivity contribution in [2.45, 2.75) is 39.8 Å². The quantitative estimate of drug-likeness (QED) is 0.259. The maximum absolute atomic E-state index is 13.4. The van der Waals surface area contributed by atoms with Crippen LogP contribution in [0.15, 0.2) is 60.7 Å². The number of carbonyl (C=O) groups is 3. The van der Waals surface area contributed by atoms with E-state index in [0.717, 1.165) is 59.9 Å². The number of carbonyl (C=O) groups excluding carboxylic acids is 3. The van der Waals surface area contributed by atoms with E-state index in [1.54, 1.807) is 18.2 Å². The molecule has 4 aromatic rings. The fraction of sp³-hybridized carbons (Fsp3) is 0.394. The number of thiophene rings is 1. The summed E-state index contributed by atoms with van der Waals surface area (Å²) in [5.74, 6) is -0.338. The number of fused-ring (bicyclic) bond motifs is 1. The zero-order valence-corrected chi connectivity index (χ0v) is 26.7. The molecule has 0 bridgehead atoms. The smallest absolute Gasteiger partial charge is 0.436 e. The van der Waals surface area contributed by atoms with Crippen LogP contribution in [0.4, 0.5) is 10.6 Å². The molecule has 2 aromatic carbocycles. The molecule has 1 aliphatic rings. The first-order valence-corrected chi connectivity index (χ1v) is 15.7. The number of aromatic nitrogens is 2.